The molecule has 1 heterocycles. The van der Waals surface area contributed by atoms with Gasteiger partial charge in [0.1, 0.15) is 0 Å². The maximum absolute atomic E-state index is 10.1. The standard InChI is InChI=1S/C16H20O3S/c1-18-15-6-4-13(10-16(15)19-2)9-14(17)5-3-12-7-8-20-11-12/h4,6-8,10-11,14,17H,3,5,9H2,1-2H3. The number of aliphatic hydroxyl groups is 1. The molecule has 1 atom stereocenters. The fourth-order valence-corrected chi connectivity index (χ4v) is 2.85. The number of benzene rings is 1. The molecule has 0 saturated heterocycles. The quantitative estimate of drug-likeness (QED) is 0.851. The lowest BCUT2D eigenvalue weighted by Gasteiger charge is -2.13. The van der Waals surface area contributed by atoms with E-state index in [0.29, 0.717) is 17.9 Å². The summed E-state index contributed by atoms with van der Waals surface area (Å²) in [6.45, 7) is 0. The minimum absolute atomic E-state index is 0.340. The minimum Gasteiger partial charge on any atom is -0.493 e. The van der Waals surface area contributed by atoms with Crippen LogP contribution in [0.2, 0.25) is 0 Å². The van der Waals surface area contributed by atoms with Gasteiger partial charge in [0.05, 0.1) is 20.3 Å². The molecule has 0 spiro atoms. The van der Waals surface area contributed by atoms with Crippen LogP contribution in [0.1, 0.15) is 17.5 Å². The average molecular weight is 292 g/mol. The van der Waals surface area contributed by atoms with Gasteiger partial charge in [0.25, 0.3) is 0 Å². The van der Waals surface area contributed by atoms with Crippen LogP contribution in [0.4, 0.5) is 0 Å². The van der Waals surface area contributed by atoms with Gasteiger partial charge in [0.15, 0.2) is 11.5 Å². The van der Waals surface area contributed by atoms with Gasteiger partial charge in [-0.15, -0.1) is 0 Å². The zero-order valence-corrected chi connectivity index (χ0v) is 12.7. The van der Waals surface area contributed by atoms with Crippen LogP contribution in [-0.2, 0) is 12.8 Å². The molecule has 4 heteroatoms. The van der Waals surface area contributed by atoms with Gasteiger partial charge < -0.3 is 14.6 Å². The summed E-state index contributed by atoms with van der Waals surface area (Å²) in [5, 5.41) is 14.3. The highest BCUT2D eigenvalue weighted by molar-refractivity contribution is 7.07. The van der Waals surface area contributed by atoms with Gasteiger partial charge in [-0.1, -0.05) is 6.07 Å². The van der Waals surface area contributed by atoms with Crippen molar-refractivity contribution in [1.82, 2.24) is 0 Å². The SMILES string of the molecule is COc1ccc(CC(O)CCc2ccsc2)cc1OC. The van der Waals surface area contributed by atoms with E-state index in [0.717, 1.165) is 18.4 Å². The Balaban J connectivity index is 1.91. The lowest BCUT2D eigenvalue weighted by atomic mass is 10.0. The van der Waals surface area contributed by atoms with Crippen molar-refractivity contribution >= 4 is 11.3 Å². The second-order valence-electron chi connectivity index (χ2n) is 4.72. The first kappa shape index (κ1) is 14.9. The first-order chi connectivity index (χ1) is 9.72. The third-order valence-electron chi connectivity index (χ3n) is 3.27. The second kappa shape index (κ2) is 7.31. The van der Waals surface area contributed by atoms with Crippen LogP contribution in [-0.4, -0.2) is 25.4 Å². The molecular formula is C16H20O3S. The minimum atomic E-state index is -0.340. The van der Waals surface area contributed by atoms with Gasteiger partial charge in [-0.3, -0.25) is 0 Å². The maximum Gasteiger partial charge on any atom is 0.160 e. The number of hydrogen-bond donors (Lipinski definition) is 1. The largest absolute Gasteiger partial charge is 0.493 e. The van der Waals surface area contributed by atoms with E-state index < -0.39 is 0 Å². The highest BCUT2D eigenvalue weighted by Crippen LogP contribution is 2.28. The molecule has 108 valence electrons. The summed E-state index contributed by atoms with van der Waals surface area (Å²) in [7, 11) is 3.24. The fourth-order valence-electron chi connectivity index (χ4n) is 2.15. The third-order valence-corrected chi connectivity index (χ3v) is 4.00. The van der Waals surface area contributed by atoms with E-state index in [-0.39, 0.29) is 6.10 Å². The van der Waals surface area contributed by atoms with Crippen molar-refractivity contribution in [2.45, 2.75) is 25.4 Å². The molecular weight excluding hydrogens is 272 g/mol. The molecule has 2 rings (SSSR count). The topological polar surface area (TPSA) is 38.7 Å². The summed E-state index contributed by atoms with van der Waals surface area (Å²) in [6, 6.07) is 7.87. The molecule has 0 aliphatic carbocycles. The second-order valence-corrected chi connectivity index (χ2v) is 5.50. The molecule has 1 unspecified atom stereocenters. The molecule has 0 amide bonds. The van der Waals surface area contributed by atoms with Gasteiger partial charge in [-0.2, -0.15) is 11.3 Å². The smallest absolute Gasteiger partial charge is 0.160 e. The van der Waals surface area contributed by atoms with E-state index in [9.17, 15) is 5.11 Å². The van der Waals surface area contributed by atoms with E-state index in [1.807, 2.05) is 18.2 Å². The van der Waals surface area contributed by atoms with Gasteiger partial charge >= 0.3 is 0 Å². The molecule has 3 nitrogen and oxygen atoms in total. The summed E-state index contributed by atoms with van der Waals surface area (Å²) in [5.41, 5.74) is 2.35. The van der Waals surface area contributed by atoms with Crippen LogP contribution >= 0.6 is 11.3 Å². The Morgan fingerprint density at radius 3 is 2.55 bits per heavy atom. The zero-order chi connectivity index (χ0) is 14.4. The summed E-state index contributed by atoms with van der Waals surface area (Å²) in [6.07, 6.45) is 1.97. The highest BCUT2D eigenvalue weighted by Gasteiger charge is 2.09. The molecule has 1 N–H and O–H groups in total. The fraction of sp³-hybridized carbons (Fsp3) is 0.375. The third kappa shape index (κ3) is 3.99. The predicted molar refractivity (Wildman–Crippen MR) is 81.9 cm³/mol. The van der Waals surface area contributed by atoms with Crippen molar-refractivity contribution in [2.24, 2.45) is 0 Å². The number of aryl methyl sites for hydroxylation is 1. The predicted octanol–water partition coefficient (Wildman–Crippen LogP) is 3.30. The monoisotopic (exact) mass is 292 g/mol. The molecule has 0 radical (unpaired) electrons. The Kier molecular flexibility index (Phi) is 5.44. The Hall–Kier alpha value is -1.52. The lowest BCUT2D eigenvalue weighted by Crippen LogP contribution is -2.11. The van der Waals surface area contributed by atoms with Gasteiger partial charge in [-0.25, -0.2) is 0 Å². The van der Waals surface area contributed by atoms with Crippen LogP contribution in [0.3, 0.4) is 0 Å². The number of ether oxygens (including phenoxy) is 2. The Morgan fingerprint density at radius 2 is 1.90 bits per heavy atom. The van der Waals surface area contributed by atoms with Crippen molar-refractivity contribution in [3.05, 3.63) is 46.2 Å². The lowest BCUT2D eigenvalue weighted by molar-refractivity contribution is 0.165. The van der Waals surface area contributed by atoms with Crippen molar-refractivity contribution in [3.8, 4) is 11.5 Å². The van der Waals surface area contributed by atoms with Crippen molar-refractivity contribution in [3.63, 3.8) is 0 Å². The molecule has 1 aromatic carbocycles. The summed E-state index contributed by atoms with van der Waals surface area (Å²) in [5.74, 6) is 1.42. The van der Waals surface area contributed by atoms with Gasteiger partial charge in [-0.05, 0) is 59.3 Å². The number of thiophene rings is 1. The maximum atomic E-state index is 10.1. The van der Waals surface area contributed by atoms with Crippen LogP contribution < -0.4 is 9.47 Å². The normalized spacial score (nSPS) is 12.2. The summed E-state index contributed by atoms with van der Waals surface area (Å²) < 4.78 is 10.5. The van der Waals surface area contributed by atoms with Crippen molar-refractivity contribution < 1.29 is 14.6 Å². The first-order valence-electron chi connectivity index (χ1n) is 6.63. The van der Waals surface area contributed by atoms with Crippen LogP contribution in [0.5, 0.6) is 11.5 Å². The number of hydrogen-bond acceptors (Lipinski definition) is 4. The van der Waals surface area contributed by atoms with E-state index in [2.05, 4.69) is 16.8 Å². The Bertz CT molecular complexity index is 523. The Morgan fingerprint density at radius 1 is 1.10 bits per heavy atom. The average Bonchev–Trinajstić information content (AvgIpc) is 2.98. The molecule has 0 bridgehead atoms. The highest BCUT2D eigenvalue weighted by atomic mass is 32.1. The summed E-state index contributed by atoms with van der Waals surface area (Å²) >= 11 is 1.69. The number of methoxy groups -OCH3 is 2. The van der Waals surface area contributed by atoms with Gasteiger partial charge in [0.2, 0.25) is 0 Å². The van der Waals surface area contributed by atoms with Crippen LogP contribution in [0, 0.1) is 0 Å². The zero-order valence-electron chi connectivity index (χ0n) is 11.8. The molecule has 1 aromatic heterocycles. The van der Waals surface area contributed by atoms with E-state index in [4.69, 9.17) is 9.47 Å². The first-order valence-corrected chi connectivity index (χ1v) is 7.57. The molecule has 0 aliphatic heterocycles. The molecule has 0 saturated carbocycles. The molecule has 0 aliphatic rings. The van der Waals surface area contributed by atoms with E-state index >= 15 is 0 Å². The van der Waals surface area contributed by atoms with Crippen molar-refractivity contribution in [1.29, 1.82) is 0 Å². The molecule has 20 heavy (non-hydrogen) atoms. The van der Waals surface area contributed by atoms with Gasteiger partial charge in [0, 0.05) is 0 Å². The summed E-state index contributed by atoms with van der Waals surface area (Å²) in [4.78, 5) is 0. The molecule has 0 fully saturated rings. The number of rotatable bonds is 7. The Labute approximate surface area is 123 Å². The van der Waals surface area contributed by atoms with E-state index in [1.54, 1.807) is 25.6 Å². The van der Waals surface area contributed by atoms with Crippen LogP contribution in [0.25, 0.3) is 0 Å². The van der Waals surface area contributed by atoms with E-state index in [1.165, 1.54) is 5.56 Å². The molecule has 2 aromatic rings. The van der Waals surface area contributed by atoms with Crippen molar-refractivity contribution in [2.75, 3.05) is 14.2 Å². The van der Waals surface area contributed by atoms with Crippen LogP contribution in [0.15, 0.2) is 35.0 Å². The number of aliphatic hydroxyl groups excluding tert-OH is 1.